The van der Waals surface area contributed by atoms with E-state index in [0.717, 1.165) is 38.5 Å². The lowest BCUT2D eigenvalue weighted by atomic mass is 9.98. The van der Waals surface area contributed by atoms with Crippen LogP contribution < -0.4 is 5.32 Å². The van der Waals surface area contributed by atoms with Gasteiger partial charge in [-0.2, -0.15) is 0 Å². The number of carbonyl (C=O) groups excluding carboxylic acids is 1. The standard InChI is InChI=1S/C64H127NO10/c1-3-5-7-9-11-13-15-17-19-21-22-23-24-25-26-27-28-29-30-31-32-33-34-35-36-38-40-42-44-46-48-50-52-57(68)63(73)65-55(54-74-64-62(72)61(71)60(70)58(53-66)75-64)59(69)56(67)51-49-47-45-43-41-39-37-20-18-16-14-12-10-8-6-4-2/h55-62,64,66-72H,3-54H2,1-2H3,(H,65,73). The molecular weight excluding hydrogens is 943 g/mol. The number of aliphatic hydroxyl groups excluding tert-OH is 7. The van der Waals surface area contributed by atoms with Crippen molar-refractivity contribution in [2.24, 2.45) is 0 Å². The first kappa shape index (κ1) is 72.1. The van der Waals surface area contributed by atoms with E-state index in [1.54, 1.807) is 0 Å². The van der Waals surface area contributed by atoms with Gasteiger partial charge in [0, 0.05) is 0 Å². The van der Waals surface area contributed by atoms with Crippen LogP contribution in [0.15, 0.2) is 0 Å². The lowest BCUT2D eigenvalue weighted by Crippen LogP contribution is -2.60. The highest BCUT2D eigenvalue weighted by molar-refractivity contribution is 5.80. The topological polar surface area (TPSA) is 189 Å². The second-order valence-corrected chi connectivity index (χ2v) is 23.6. The summed E-state index contributed by atoms with van der Waals surface area (Å²) in [5.41, 5.74) is 0. The number of hydrogen-bond acceptors (Lipinski definition) is 10. The van der Waals surface area contributed by atoms with Crippen molar-refractivity contribution in [1.82, 2.24) is 5.32 Å². The second-order valence-electron chi connectivity index (χ2n) is 23.6. The third-order valence-corrected chi connectivity index (χ3v) is 16.4. The Hall–Kier alpha value is -0.890. The minimum atomic E-state index is -1.66. The molecule has 0 aliphatic carbocycles. The molecule has 9 atom stereocenters. The van der Waals surface area contributed by atoms with Crippen LogP contribution in [-0.2, 0) is 14.3 Å². The molecule has 0 spiro atoms. The summed E-state index contributed by atoms with van der Waals surface area (Å²) in [6.07, 6.45) is 51.8. The Labute approximate surface area is 462 Å². The van der Waals surface area contributed by atoms with Gasteiger partial charge in [-0.1, -0.05) is 322 Å². The molecule has 75 heavy (non-hydrogen) atoms. The monoisotopic (exact) mass is 1070 g/mol. The molecule has 0 aromatic rings. The van der Waals surface area contributed by atoms with Gasteiger partial charge < -0.3 is 50.5 Å². The molecule has 8 N–H and O–H groups in total. The van der Waals surface area contributed by atoms with Gasteiger partial charge in [0.2, 0.25) is 5.91 Å². The number of aliphatic hydroxyl groups is 7. The Morgan fingerprint density at radius 1 is 0.413 bits per heavy atom. The van der Waals surface area contributed by atoms with E-state index < -0.39 is 74.2 Å². The Morgan fingerprint density at radius 2 is 0.693 bits per heavy atom. The van der Waals surface area contributed by atoms with E-state index in [-0.39, 0.29) is 6.42 Å². The van der Waals surface area contributed by atoms with Crippen LogP contribution in [0.25, 0.3) is 0 Å². The third-order valence-electron chi connectivity index (χ3n) is 16.4. The predicted octanol–water partition coefficient (Wildman–Crippen LogP) is 14.9. The average Bonchev–Trinajstić information content (AvgIpc) is 3.41. The van der Waals surface area contributed by atoms with Crippen molar-refractivity contribution >= 4 is 5.91 Å². The van der Waals surface area contributed by atoms with Crippen molar-refractivity contribution in [2.45, 2.75) is 390 Å². The number of nitrogens with one attached hydrogen (secondary N) is 1. The smallest absolute Gasteiger partial charge is 0.249 e. The van der Waals surface area contributed by atoms with Crippen LogP contribution in [0.1, 0.15) is 335 Å². The molecule has 1 heterocycles. The van der Waals surface area contributed by atoms with Gasteiger partial charge in [-0.25, -0.2) is 0 Å². The fraction of sp³-hybridized carbons (Fsp3) is 0.984. The van der Waals surface area contributed by atoms with Crippen molar-refractivity contribution in [1.29, 1.82) is 0 Å². The molecule has 1 rings (SSSR count). The Bertz CT molecular complexity index is 1180. The molecule has 0 saturated carbocycles. The molecule has 1 aliphatic heterocycles. The number of unbranched alkanes of at least 4 members (excludes halogenated alkanes) is 46. The van der Waals surface area contributed by atoms with Crippen LogP contribution in [0, 0.1) is 0 Å². The fourth-order valence-corrected chi connectivity index (χ4v) is 11.1. The summed E-state index contributed by atoms with van der Waals surface area (Å²) in [4.78, 5) is 13.2. The zero-order chi connectivity index (χ0) is 54.7. The minimum Gasteiger partial charge on any atom is -0.394 e. The summed E-state index contributed by atoms with van der Waals surface area (Å²) in [5, 5.41) is 76.3. The molecule has 0 bridgehead atoms. The van der Waals surface area contributed by atoms with Crippen molar-refractivity contribution < 1.29 is 50.0 Å². The number of rotatable bonds is 58. The molecule has 1 amide bonds. The molecular formula is C64H127NO10. The zero-order valence-electron chi connectivity index (χ0n) is 49.3. The summed E-state index contributed by atoms with van der Waals surface area (Å²) in [5.74, 6) is -0.688. The maximum absolute atomic E-state index is 13.2. The van der Waals surface area contributed by atoms with Crippen LogP contribution in [0.5, 0.6) is 0 Å². The highest BCUT2D eigenvalue weighted by atomic mass is 16.7. The first-order chi connectivity index (χ1) is 36.7. The van der Waals surface area contributed by atoms with Gasteiger partial charge in [0.05, 0.1) is 25.4 Å². The quantitative estimate of drug-likeness (QED) is 0.0272. The van der Waals surface area contributed by atoms with Gasteiger partial charge in [0.25, 0.3) is 0 Å². The van der Waals surface area contributed by atoms with Gasteiger partial charge in [-0.15, -0.1) is 0 Å². The van der Waals surface area contributed by atoms with Crippen LogP contribution in [-0.4, -0.2) is 110 Å². The molecule has 11 heteroatoms. The summed E-state index contributed by atoms with van der Waals surface area (Å²) in [6.45, 7) is 3.51. The lowest BCUT2D eigenvalue weighted by Gasteiger charge is -2.40. The SMILES string of the molecule is CCCCCCCCCCCCCCCCCCCCCCCCCCCCCCCCCCC(O)C(=O)NC(COC1OC(CO)C(O)C(O)C1O)C(O)C(O)CCCCCCCCCCCCCCCCCC. The first-order valence-electron chi connectivity index (χ1n) is 32.9. The number of carbonyl (C=O) groups is 1. The van der Waals surface area contributed by atoms with Gasteiger partial charge in [-0.3, -0.25) is 4.79 Å². The molecule has 0 radical (unpaired) electrons. The minimum absolute atomic E-state index is 0.267. The molecule has 1 saturated heterocycles. The van der Waals surface area contributed by atoms with E-state index in [1.807, 2.05) is 0 Å². The van der Waals surface area contributed by atoms with Crippen LogP contribution in [0.2, 0.25) is 0 Å². The van der Waals surface area contributed by atoms with Gasteiger partial charge >= 0.3 is 0 Å². The molecule has 0 aromatic carbocycles. The van der Waals surface area contributed by atoms with Crippen molar-refractivity contribution in [2.75, 3.05) is 13.2 Å². The predicted molar refractivity (Wildman–Crippen MR) is 312 cm³/mol. The lowest BCUT2D eigenvalue weighted by molar-refractivity contribution is -0.303. The van der Waals surface area contributed by atoms with Crippen LogP contribution in [0.3, 0.4) is 0 Å². The summed E-state index contributed by atoms with van der Waals surface area (Å²) in [6, 6.07) is -1.16. The van der Waals surface area contributed by atoms with Crippen LogP contribution >= 0.6 is 0 Å². The second kappa shape index (κ2) is 53.7. The van der Waals surface area contributed by atoms with E-state index in [2.05, 4.69) is 19.2 Å². The number of amides is 1. The Balaban J connectivity index is 2.16. The van der Waals surface area contributed by atoms with E-state index in [0.29, 0.717) is 19.3 Å². The molecule has 0 aromatic heterocycles. The van der Waals surface area contributed by atoms with E-state index in [4.69, 9.17) is 9.47 Å². The maximum atomic E-state index is 13.2. The number of hydrogen-bond donors (Lipinski definition) is 8. The van der Waals surface area contributed by atoms with Gasteiger partial charge in [0.1, 0.15) is 36.6 Å². The zero-order valence-corrected chi connectivity index (χ0v) is 49.3. The van der Waals surface area contributed by atoms with E-state index in [9.17, 15) is 40.5 Å². The summed E-state index contributed by atoms with van der Waals surface area (Å²) < 4.78 is 11.2. The normalized spacial score (nSPS) is 19.6. The molecule has 448 valence electrons. The van der Waals surface area contributed by atoms with Crippen molar-refractivity contribution in [3.63, 3.8) is 0 Å². The Morgan fingerprint density at radius 3 is 0.987 bits per heavy atom. The summed E-state index contributed by atoms with van der Waals surface area (Å²) >= 11 is 0. The highest BCUT2D eigenvalue weighted by Crippen LogP contribution is 2.24. The van der Waals surface area contributed by atoms with E-state index in [1.165, 1.54) is 257 Å². The fourth-order valence-electron chi connectivity index (χ4n) is 11.1. The molecule has 11 nitrogen and oxygen atoms in total. The number of ether oxygens (including phenoxy) is 2. The van der Waals surface area contributed by atoms with Crippen molar-refractivity contribution in [3.05, 3.63) is 0 Å². The van der Waals surface area contributed by atoms with E-state index >= 15 is 0 Å². The van der Waals surface area contributed by atoms with Gasteiger partial charge in [0.15, 0.2) is 6.29 Å². The molecule has 1 fully saturated rings. The van der Waals surface area contributed by atoms with Crippen molar-refractivity contribution in [3.8, 4) is 0 Å². The summed E-state index contributed by atoms with van der Waals surface area (Å²) in [7, 11) is 0. The third kappa shape index (κ3) is 41.7. The first-order valence-corrected chi connectivity index (χ1v) is 32.9. The van der Waals surface area contributed by atoms with Gasteiger partial charge in [-0.05, 0) is 12.8 Å². The Kier molecular flexibility index (Phi) is 51.7. The molecule has 1 aliphatic rings. The highest BCUT2D eigenvalue weighted by Gasteiger charge is 2.44. The largest absolute Gasteiger partial charge is 0.394 e. The average molecular weight is 1070 g/mol. The maximum Gasteiger partial charge on any atom is 0.249 e. The van der Waals surface area contributed by atoms with Crippen LogP contribution in [0.4, 0.5) is 0 Å². The molecule has 9 unspecified atom stereocenters.